The van der Waals surface area contributed by atoms with E-state index in [9.17, 15) is 9.18 Å². The van der Waals surface area contributed by atoms with Gasteiger partial charge in [-0.05, 0) is 42.7 Å². The Balaban J connectivity index is 1.87. The van der Waals surface area contributed by atoms with E-state index in [1.807, 2.05) is 6.92 Å². The van der Waals surface area contributed by atoms with Gasteiger partial charge >= 0.3 is 0 Å². The smallest absolute Gasteiger partial charge is 0.251 e. The van der Waals surface area contributed by atoms with Gasteiger partial charge in [0, 0.05) is 24.8 Å². The number of benzene rings is 1. The Labute approximate surface area is 129 Å². The first-order valence-corrected chi connectivity index (χ1v) is 7.41. The first kappa shape index (κ1) is 15.9. The predicted molar refractivity (Wildman–Crippen MR) is 85.5 cm³/mol. The number of amides is 1. The van der Waals surface area contributed by atoms with Crippen molar-refractivity contribution in [1.82, 2.24) is 10.3 Å². The lowest BCUT2D eigenvalue weighted by atomic mass is 10.1. The third kappa shape index (κ3) is 4.84. The van der Waals surface area contributed by atoms with Gasteiger partial charge in [0.1, 0.15) is 11.6 Å². The van der Waals surface area contributed by atoms with Crippen molar-refractivity contribution in [2.45, 2.75) is 19.8 Å². The predicted octanol–water partition coefficient (Wildman–Crippen LogP) is 3.02. The summed E-state index contributed by atoms with van der Waals surface area (Å²) < 4.78 is 12.8. The minimum Gasteiger partial charge on any atom is -0.370 e. The number of carbonyl (C=O) groups is 1. The zero-order valence-corrected chi connectivity index (χ0v) is 12.6. The van der Waals surface area contributed by atoms with E-state index in [-0.39, 0.29) is 11.7 Å². The molecular weight excluding hydrogens is 281 g/mol. The van der Waals surface area contributed by atoms with Gasteiger partial charge in [0.15, 0.2) is 0 Å². The molecule has 2 aromatic rings. The molecule has 0 fully saturated rings. The van der Waals surface area contributed by atoms with E-state index in [1.54, 1.807) is 30.5 Å². The summed E-state index contributed by atoms with van der Waals surface area (Å²) in [6, 6.07) is 9.85. The van der Waals surface area contributed by atoms with E-state index in [0.717, 1.165) is 18.4 Å². The molecule has 0 atom stereocenters. The lowest BCUT2D eigenvalue weighted by molar-refractivity contribution is 0.0953. The lowest BCUT2D eigenvalue weighted by Crippen LogP contribution is -2.24. The molecule has 0 aliphatic rings. The number of hydrogen-bond acceptors (Lipinski definition) is 3. The number of hydrogen-bond donors (Lipinski definition) is 2. The van der Waals surface area contributed by atoms with Crippen molar-refractivity contribution in [3.8, 4) is 0 Å². The number of pyridine rings is 1. The molecule has 1 aromatic heterocycles. The monoisotopic (exact) mass is 301 g/mol. The van der Waals surface area contributed by atoms with Crippen LogP contribution in [0.25, 0.3) is 0 Å². The Bertz CT molecular complexity index is 614. The van der Waals surface area contributed by atoms with Gasteiger partial charge in [-0.15, -0.1) is 0 Å². The van der Waals surface area contributed by atoms with Gasteiger partial charge in [-0.3, -0.25) is 4.79 Å². The number of halogens is 1. The summed E-state index contributed by atoms with van der Waals surface area (Å²) >= 11 is 0. The van der Waals surface area contributed by atoms with Crippen molar-refractivity contribution >= 4 is 11.7 Å². The zero-order chi connectivity index (χ0) is 15.8. The second-order valence-electron chi connectivity index (χ2n) is 4.99. The fraction of sp³-hybridized carbons (Fsp3) is 0.294. The molecule has 0 saturated heterocycles. The highest BCUT2D eigenvalue weighted by Gasteiger charge is 2.05. The van der Waals surface area contributed by atoms with E-state index in [2.05, 4.69) is 15.6 Å². The third-order valence-electron chi connectivity index (χ3n) is 3.19. The van der Waals surface area contributed by atoms with E-state index in [4.69, 9.17) is 0 Å². The SMILES string of the molecule is CCCNC(=O)c1ccnc(NCCc2ccc(F)cc2)c1. The first-order chi connectivity index (χ1) is 10.7. The van der Waals surface area contributed by atoms with Crippen LogP contribution in [0, 0.1) is 5.82 Å². The summed E-state index contributed by atoms with van der Waals surface area (Å²) in [6.07, 6.45) is 3.27. The maximum Gasteiger partial charge on any atom is 0.251 e. The van der Waals surface area contributed by atoms with Crippen LogP contribution in [-0.2, 0) is 6.42 Å². The molecule has 0 radical (unpaired) electrons. The fourth-order valence-corrected chi connectivity index (χ4v) is 2.00. The topological polar surface area (TPSA) is 54.0 Å². The van der Waals surface area contributed by atoms with Crippen molar-refractivity contribution in [3.05, 3.63) is 59.5 Å². The average Bonchev–Trinajstić information content (AvgIpc) is 2.55. The molecule has 116 valence electrons. The van der Waals surface area contributed by atoms with Crippen LogP contribution in [0.2, 0.25) is 0 Å². The minimum absolute atomic E-state index is 0.0918. The highest BCUT2D eigenvalue weighted by molar-refractivity contribution is 5.94. The van der Waals surface area contributed by atoms with Crippen LogP contribution in [0.5, 0.6) is 0 Å². The van der Waals surface area contributed by atoms with Crippen LogP contribution >= 0.6 is 0 Å². The molecule has 0 spiro atoms. The molecule has 1 amide bonds. The molecule has 0 aliphatic carbocycles. The molecule has 4 nitrogen and oxygen atoms in total. The van der Waals surface area contributed by atoms with E-state index < -0.39 is 0 Å². The molecule has 0 unspecified atom stereocenters. The first-order valence-electron chi connectivity index (χ1n) is 7.41. The second kappa shape index (κ2) is 8.12. The number of nitrogens with zero attached hydrogens (tertiary/aromatic N) is 1. The summed E-state index contributed by atoms with van der Waals surface area (Å²) in [5.41, 5.74) is 1.64. The van der Waals surface area contributed by atoms with Gasteiger partial charge in [0.05, 0.1) is 0 Å². The highest BCUT2D eigenvalue weighted by Crippen LogP contribution is 2.08. The van der Waals surface area contributed by atoms with Crippen LogP contribution in [0.15, 0.2) is 42.6 Å². The van der Waals surface area contributed by atoms with E-state index in [1.165, 1.54) is 12.1 Å². The Hall–Kier alpha value is -2.43. The maximum absolute atomic E-state index is 12.8. The van der Waals surface area contributed by atoms with Gasteiger partial charge < -0.3 is 10.6 Å². The van der Waals surface area contributed by atoms with Crippen LogP contribution < -0.4 is 10.6 Å². The number of anilines is 1. The Morgan fingerprint density at radius 3 is 2.68 bits per heavy atom. The second-order valence-corrected chi connectivity index (χ2v) is 4.99. The fourth-order valence-electron chi connectivity index (χ4n) is 2.00. The van der Waals surface area contributed by atoms with Crippen molar-refractivity contribution in [3.63, 3.8) is 0 Å². The normalized spacial score (nSPS) is 10.3. The summed E-state index contributed by atoms with van der Waals surface area (Å²) in [5, 5.41) is 6.01. The summed E-state index contributed by atoms with van der Waals surface area (Å²) in [6.45, 7) is 3.34. The molecule has 0 saturated carbocycles. The number of nitrogens with one attached hydrogen (secondary N) is 2. The maximum atomic E-state index is 12.8. The van der Waals surface area contributed by atoms with Crippen LogP contribution in [0.1, 0.15) is 29.3 Å². The molecule has 5 heteroatoms. The van der Waals surface area contributed by atoms with Crippen molar-refractivity contribution in [2.75, 3.05) is 18.4 Å². The summed E-state index contributed by atoms with van der Waals surface area (Å²) in [4.78, 5) is 16.1. The van der Waals surface area contributed by atoms with E-state index >= 15 is 0 Å². The number of carbonyl (C=O) groups excluding carboxylic acids is 1. The van der Waals surface area contributed by atoms with Gasteiger partial charge in [-0.25, -0.2) is 9.37 Å². The van der Waals surface area contributed by atoms with Crippen molar-refractivity contribution < 1.29 is 9.18 Å². The van der Waals surface area contributed by atoms with E-state index in [0.29, 0.717) is 24.5 Å². The Morgan fingerprint density at radius 1 is 1.18 bits per heavy atom. The molecule has 2 rings (SSSR count). The van der Waals surface area contributed by atoms with Crippen LogP contribution in [-0.4, -0.2) is 24.0 Å². The largest absolute Gasteiger partial charge is 0.370 e. The molecule has 2 N–H and O–H groups in total. The van der Waals surface area contributed by atoms with Crippen LogP contribution in [0.3, 0.4) is 0 Å². The molecule has 0 bridgehead atoms. The van der Waals surface area contributed by atoms with Gasteiger partial charge in [0.25, 0.3) is 5.91 Å². The Kier molecular flexibility index (Phi) is 5.89. The minimum atomic E-state index is -0.232. The Morgan fingerprint density at radius 2 is 1.95 bits per heavy atom. The van der Waals surface area contributed by atoms with Gasteiger partial charge in [-0.2, -0.15) is 0 Å². The van der Waals surface area contributed by atoms with Crippen LogP contribution in [0.4, 0.5) is 10.2 Å². The molecular formula is C17H20FN3O. The zero-order valence-electron chi connectivity index (χ0n) is 12.6. The quantitative estimate of drug-likeness (QED) is 0.826. The average molecular weight is 301 g/mol. The molecule has 1 heterocycles. The van der Waals surface area contributed by atoms with Gasteiger partial charge in [0.2, 0.25) is 0 Å². The summed E-state index contributed by atoms with van der Waals surface area (Å²) in [7, 11) is 0. The number of rotatable bonds is 7. The van der Waals surface area contributed by atoms with Gasteiger partial charge in [-0.1, -0.05) is 19.1 Å². The molecule has 1 aromatic carbocycles. The standard InChI is InChI=1S/C17H20FN3O/c1-2-9-21-17(22)14-8-11-20-16(12-14)19-10-7-13-3-5-15(18)6-4-13/h3-6,8,11-12H,2,7,9-10H2,1H3,(H,19,20)(H,21,22). The van der Waals surface area contributed by atoms with Crippen molar-refractivity contribution in [2.24, 2.45) is 0 Å². The summed E-state index contributed by atoms with van der Waals surface area (Å²) in [5.74, 6) is 0.335. The highest BCUT2D eigenvalue weighted by atomic mass is 19.1. The lowest BCUT2D eigenvalue weighted by Gasteiger charge is -2.08. The van der Waals surface area contributed by atoms with Crippen molar-refractivity contribution in [1.29, 1.82) is 0 Å². The third-order valence-corrected chi connectivity index (χ3v) is 3.19. The molecule has 0 aliphatic heterocycles. The molecule has 22 heavy (non-hydrogen) atoms. The number of aromatic nitrogens is 1.